The summed E-state index contributed by atoms with van der Waals surface area (Å²) in [5.41, 5.74) is 7.75. The molecule has 92 valence electrons. The lowest BCUT2D eigenvalue weighted by molar-refractivity contribution is 1.04. The smallest absolute Gasteiger partial charge is 0.0890 e. The summed E-state index contributed by atoms with van der Waals surface area (Å²) in [6.07, 6.45) is 4.42. The number of fused-ring (bicyclic) bond motifs is 1. The first-order valence-corrected chi connectivity index (χ1v) is 6.23. The van der Waals surface area contributed by atoms with Crippen LogP contribution in [-0.2, 0) is 0 Å². The summed E-state index contributed by atoms with van der Waals surface area (Å²) in [4.78, 5) is 8.81. The summed E-state index contributed by atoms with van der Waals surface area (Å²) >= 11 is 0. The molecular weight excluding hydrogens is 210 g/mol. The van der Waals surface area contributed by atoms with Crippen LogP contribution in [0.2, 0.25) is 0 Å². The van der Waals surface area contributed by atoms with Crippen molar-refractivity contribution >= 4 is 11.0 Å². The van der Waals surface area contributed by atoms with Gasteiger partial charge in [-0.2, -0.15) is 0 Å². The summed E-state index contributed by atoms with van der Waals surface area (Å²) in [6, 6.07) is 8.13. The van der Waals surface area contributed by atoms with Crippen LogP contribution < -0.4 is 5.73 Å². The number of hydrogen-bond donors (Lipinski definition) is 1. The van der Waals surface area contributed by atoms with E-state index in [2.05, 4.69) is 27.8 Å². The molecule has 3 nitrogen and oxygen atoms in total. The predicted octanol–water partition coefficient (Wildman–Crippen LogP) is 3.11. The molecule has 2 aromatic rings. The molecule has 2 aromatic heterocycles. The maximum atomic E-state index is 4.57. The maximum Gasteiger partial charge on any atom is 0.0890 e. The molecule has 2 heterocycles. The molecule has 1 fully saturated rings. The van der Waals surface area contributed by atoms with E-state index in [4.69, 9.17) is 0 Å². The minimum Gasteiger partial charge on any atom is -0.333 e. The van der Waals surface area contributed by atoms with Crippen molar-refractivity contribution in [2.24, 2.45) is 5.73 Å². The van der Waals surface area contributed by atoms with Crippen LogP contribution in [0.4, 0.5) is 0 Å². The molecule has 17 heavy (non-hydrogen) atoms. The zero-order valence-electron chi connectivity index (χ0n) is 10.9. The normalized spacial score (nSPS) is 13.2. The summed E-state index contributed by atoms with van der Waals surface area (Å²) in [5.74, 6) is 0.726. The maximum absolute atomic E-state index is 4.57. The Morgan fingerprint density at radius 1 is 1.06 bits per heavy atom. The Hall–Kier alpha value is -1.48. The first-order valence-electron chi connectivity index (χ1n) is 6.23. The molecule has 0 radical (unpaired) electrons. The Bertz CT molecular complexity index is 450. The van der Waals surface area contributed by atoms with E-state index in [1.165, 1.54) is 25.6 Å². The first kappa shape index (κ1) is 13.6. The third-order valence-electron chi connectivity index (χ3n) is 2.47. The van der Waals surface area contributed by atoms with E-state index in [-0.39, 0.29) is 0 Å². The summed E-state index contributed by atoms with van der Waals surface area (Å²) in [5, 5.41) is 0. The van der Waals surface area contributed by atoms with E-state index in [9.17, 15) is 0 Å². The van der Waals surface area contributed by atoms with Gasteiger partial charge in [-0.25, -0.2) is 0 Å². The molecule has 2 N–H and O–H groups in total. The van der Waals surface area contributed by atoms with Gasteiger partial charge in [0, 0.05) is 17.8 Å². The van der Waals surface area contributed by atoms with Gasteiger partial charge in [-0.3, -0.25) is 9.97 Å². The van der Waals surface area contributed by atoms with E-state index in [1.807, 2.05) is 26.0 Å². The highest BCUT2D eigenvalue weighted by molar-refractivity contribution is 5.73. The minimum absolute atomic E-state index is 0.726. The fraction of sp³-hybridized carbons (Fsp3) is 0.429. The number of aromatic nitrogens is 2. The Labute approximate surface area is 103 Å². The monoisotopic (exact) mass is 231 g/mol. The van der Waals surface area contributed by atoms with Gasteiger partial charge in [-0.1, -0.05) is 13.8 Å². The van der Waals surface area contributed by atoms with Crippen LogP contribution in [-0.4, -0.2) is 17.0 Å². The molecule has 0 aliphatic heterocycles. The van der Waals surface area contributed by atoms with E-state index in [1.54, 1.807) is 6.20 Å². The highest BCUT2D eigenvalue weighted by atomic mass is 14.8. The topological polar surface area (TPSA) is 51.8 Å². The molecule has 1 aliphatic carbocycles. The van der Waals surface area contributed by atoms with Gasteiger partial charge in [-0.15, -0.1) is 0 Å². The number of rotatable bonds is 1. The molecule has 3 heteroatoms. The molecule has 0 spiro atoms. The van der Waals surface area contributed by atoms with Crippen LogP contribution >= 0.6 is 0 Å². The van der Waals surface area contributed by atoms with Crippen molar-refractivity contribution in [2.75, 3.05) is 7.05 Å². The van der Waals surface area contributed by atoms with Gasteiger partial charge < -0.3 is 5.73 Å². The van der Waals surface area contributed by atoms with Crippen molar-refractivity contribution in [1.82, 2.24) is 9.97 Å². The zero-order chi connectivity index (χ0) is 12.7. The molecule has 3 rings (SSSR count). The Morgan fingerprint density at radius 3 is 2.41 bits per heavy atom. The summed E-state index contributed by atoms with van der Waals surface area (Å²) in [6.45, 7) is 4.00. The van der Waals surface area contributed by atoms with Gasteiger partial charge in [0.05, 0.1) is 11.0 Å². The Morgan fingerprint density at radius 2 is 1.76 bits per heavy atom. The van der Waals surface area contributed by atoms with Crippen molar-refractivity contribution < 1.29 is 0 Å². The summed E-state index contributed by atoms with van der Waals surface area (Å²) < 4.78 is 0. The van der Waals surface area contributed by atoms with Crippen LogP contribution in [0, 0.1) is 0 Å². The van der Waals surface area contributed by atoms with Crippen molar-refractivity contribution in [1.29, 1.82) is 0 Å². The van der Waals surface area contributed by atoms with E-state index in [0.717, 1.165) is 17.0 Å². The number of pyridine rings is 2. The lowest BCUT2D eigenvalue weighted by atomic mass is 10.2. The Balaban J connectivity index is 0.000000330. The van der Waals surface area contributed by atoms with Crippen molar-refractivity contribution in [3.8, 4) is 0 Å². The average molecular weight is 231 g/mol. The van der Waals surface area contributed by atoms with Crippen LogP contribution in [0.1, 0.15) is 38.3 Å². The summed E-state index contributed by atoms with van der Waals surface area (Å²) in [7, 11) is 1.50. The van der Waals surface area contributed by atoms with E-state index in [0.29, 0.717) is 0 Å². The zero-order valence-corrected chi connectivity index (χ0v) is 10.9. The van der Waals surface area contributed by atoms with Gasteiger partial charge in [-0.05, 0) is 44.2 Å². The van der Waals surface area contributed by atoms with Gasteiger partial charge in [0.2, 0.25) is 0 Å². The van der Waals surface area contributed by atoms with Crippen molar-refractivity contribution in [3.63, 3.8) is 0 Å². The molecule has 1 saturated carbocycles. The third kappa shape index (κ3) is 3.49. The number of nitrogens with zero attached hydrogens (tertiary/aromatic N) is 2. The van der Waals surface area contributed by atoms with Crippen molar-refractivity contribution in [3.05, 3.63) is 36.2 Å². The number of hydrogen-bond acceptors (Lipinski definition) is 3. The van der Waals surface area contributed by atoms with Gasteiger partial charge in [0.15, 0.2) is 0 Å². The SMILES string of the molecule is CC.CN.c1cnc2ccc(C3CC3)nc2c1. The second-order valence-corrected chi connectivity index (χ2v) is 3.55. The van der Waals surface area contributed by atoms with E-state index >= 15 is 0 Å². The molecule has 0 amide bonds. The van der Waals surface area contributed by atoms with Crippen LogP contribution in [0.5, 0.6) is 0 Å². The lowest BCUT2D eigenvalue weighted by Gasteiger charge is -1.99. The van der Waals surface area contributed by atoms with E-state index < -0.39 is 0 Å². The molecule has 0 atom stereocenters. The fourth-order valence-corrected chi connectivity index (χ4v) is 1.58. The highest BCUT2D eigenvalue weighted by Crippen LogP contribution is 2.39. The van der Waals surface area contributed by atoms with Gasteiger partial charge in [0.1, 0.15) is 0 Å². The van der Waals surface area contributed by atoms with Gasteiger partial charge >= 0.3 is 0 Å². The lowest BCUT2D eigenvalue weighted by Crippen LogP contribution is -1.88. The van der Waals surface area contributed by atoms with Crippen LogP contribution in [0.15, 0.2) is 30.5 Å². The van der Waals surface area contributed by atoms with Gasteiger partial charge in [0.25, 0.3) is 0 Å². The quantitative estimate of drug-likeness (QED) is 0.820. The predicted molar refractivity (Wildman–Crippen MR) is 73.0 cm³/mol. The van der Waals surface area contributed by atoms with Crippen LogP contribution in [0.25, 0.3) is 11.0 Å². The first-order chi connectivity index (χ1) is 8.43. The molecule has 0 unspecified atom stereocenters. The minimum atomic E-state index is 0.726. The molecule has 0 bridgehead atoms. The second-order valence-electron chi connectivity index (χ2n) is 3.55. The highest BCUT2D eigenvalue weighted by Gasteiger charge is 2.24. The molecule has 0 saturated heterocycles. The third-order valence-corrected chi connectivity index (χ3v) is 2.47. The molecular formula is C14H21N3. The fourth-order valence-electron chi connectivity index (χ4n) is 1.58. The number of nitrogens with two attached hydrogens (primary N) is 1. The Kier molecular flexibility index (Phi) is 5.57. The van der Waals surface area contributed by atoms with Crippen LogP contribution in [0.3, 0.4) is 0 Å². The standard InChI is InChI=1S/C11H10N2.C2H6.CH5N/c1-2-11-10(12-7-1)6-5-9(13-11)8-3-4-8;2*1-2/h1-2,5-8H,3-4H2;1-2H3;2H2,1H3. The average Bonchev–Trinajstić information content (AvgIpc) is 3.27. The van der Waals surface area contributed by atoms with Crippen molar-refractivity contribution in [2.45, 2.75) is 32.6 Å². The molecule has 1 aliphatic rings. The molecule has 0 aromatic carbocycles. The second kappa shape index (κ2) is 6.97. The largest absolute Gasteiger partial charge is 0.333 e.